The molecule has 0 fully saturated rings. The lowest BCUT2D eigenvalue weighted by Crippen LogP contribution is -2.31. The second-order valence-electron chi connectivity index (χ2n) is 10.6. The number of Topliss-reactive ketones (excluding diaryl/α,β-unsaturated/α-hetero) is 1. The van der Waals surface area contributed by atoms with Crippen LogP contribution in [0.5, 0.6) is 5.75 Å². The molecule has 3 N–H and O–H groups in total. The zero-order valence-corrected chi connectivity index (χ0v) is 21.3. The number of carboxylic acid groups (broad SMARTS) is 1. The molecule has 2 aliphatic carbocycles. The molecule has 2 aliphatic rings. The first-order valence-corrected chi connectivity index (χ1v) is 13.1. The van der Waals surface area contributed by atoms with Crippen molar-refractivity contribution in [3.63, 3.8) is 0 Å². The van der Waals surface area contributed by atoms with E-state index in [0.717, 1.165) is 24.0 Å². The highest BCUT2D eigenvalue weighted by molar-refractivity contribution is 5.98. The molecule has 0 heterocycles. The van der Waals surface area contributed by atoms with Gasteiger partial charge in [-0.15, -0.1) is 0 Å². The highest BCUT2D eigenvalue weighted by atomic mass is 16.4. The standard InChI is InChI=1S/C34H28O5/c35-30-14-11-22(15-29(30)33(38)39)16-31(36)23-12-9-21(10-13-23)19-34(20-26-7-3-4-8-28(26)32(34)37)27-17-24-5-1-2-6-25(24)18-27/h1-15,17,32,35,37H,16,18-20H2,(H,38,39)/t32-,34+/m0/s1. The zero-order valence-electron chi connectivity index (χ0n) is 21.3. The molecule has 6 rings (SSSR count). The van der Waals surface area contributed by atoms with Gasteiger partial charge in [0.1, 0.15) is 11.3 Å². The smallest absolute Gasteiger partial charge is 0.339 e. The Bertz CT molecular complexity index is 1630. The number of aromatic hydroxyl groups is 1. The largest absolute Gasteiger partial charge is 0.507 e. The predicted molar refractivity (Wildman–Crippen MR) is 149 cm³/mol. The van der Waals surface area contributed by atoms with E-state index in [1.54, 1.807) is 18.2 Å². The molecule has 5 nitrogen and oxygen atoms in total. The summed E-state index contributed by atoms with van der Waals surface area (Å²) < 4.78 is 0. The van der Waals surface area contributed by atoms with E-state index in [2.05, 4.69) is 30.3 Å². The van der Waals surface area contributed by atoms with Crippen LogP contribution in [-0.2, 0) is 25.7 Å². The van der Waals surface area contributed by atoms with Crippen molar-refractivity contribution in [2.45, 2.75) is 31.8 Å². The van der Waals surface area contributed by atoms with Gasteiger partial charge in [0.2, 0.25) is 0 Å². The number of benzene rings is 4. The van der Waals surface area contributed by atoms with E-state index in [9.17, 15) is 24.9 Å². The van der Waals surface area contributed by atoms with Crippen LogP contribution in [-0.4, -0.2) is 27.1 Å². The molecule has 0 aliphatic heterocycles. The number of rotatable bonds is 7. The number of carboxylic acids is 1. The minimum Gasteiger partial charge on any atom is -0.507 e. The van der Waals surface area contributed by atoms with Gasteiger partial charge in [0.15, 0.2) is 5.78 Å². The van der Waals surface area contributed by atoms with Crippen molar-refractivity contribution >= 4 is 17.8 Å². The van der Waals surface area contributed by atoms with Gasteiger partial charge < -0.3 is 15.3 Å². The van der Waals surface area contributed by atoms with E-state index >= 15 is 0 Å². The second kappa shape index (κ2) is 9.68. The van der Waals surface area contributed by atoms with Crippen molar-refractivity contribution in [3.05, 3.63) is 141 Å². The number of carbonyl (C=O) groups excluding carboxylic acids is 1. The van der Waals surface area contributed by atoms with Gasteiger partial charge in [-0.25, -0.2) is 4.79 Å². The third-order valence-electron chi connectivity index (χ3n) is 8.24. The number of aliphatic hydroxyl groups is 1. The van der Waals surface area contributed by atoms with Crippen LogP contribution in [0.1, 0.15) is 60.2 Å². The summed E-state index contributed by atoms with van der Waals surface area (Å²) in [5.74, 6) is -1.70. The van der Waals surface area contributed by atoms with Crippen LogP contribution < -0.4 is 0 Å². The fourth-order valence-electron chi connectivity index (χ4n) is 6.18. The molecule has 0 aromatic heterocycles. The lowest BCUT2D eigenvalue weighted by atomic mass is 9.70. The molecule has 0 saturated heterocycles. The molecule has 2 atom stereocenters. The maximum atomic E-state index is 13.0. The van der Waals surface area contributed by atoms with Gasteiger partial charge in [-0.2, -0.15) is 0 Å². The van der Waals surface area contributed by atoms with Crippen LogP contribution in [0.2, 0.25) is 0 Å². The normalized spacial score (nSPS) is 19.3. The van der Waals surface area contributed by atoms with E-state index < -0.39 is 17.5 Å². The summed E-state index contributed by atoms with van der Waals surface area (Å²) in [5, 5.41) is 30.7. The Hall–Kier alpha value is -4.48. The van der Waals surface area contributed by atoms with Crippen LogP contribution in [0.15, 0.2) is 96.6 Å². The molecule has 0 unspecified atom stereocenters. The van der Waals surface area contributed by atoms with Crippen LogP contribution in [0.3, 0.4) is 0 Å². The predicted octanol–water partition coefficient (Wildman–Crippen LogP) is 5.97. The van der Waals surface area contributed by atoms with Crippen molar-refractivity contribution < 1.29 is 24.9 Å². The quantitative estimate of drug-likeness (QED) is 0.263. The summed E-state index contributed by atoms with van der Waals surface area (Å²) in [7, 11) is 0. The lowest BCUT2D eigenvalue weighted by Gasteiger charge is -2.35. The molecule has 0 radical (unpaired) electrons. The van der Waals surface area contributed by atoms with Gasteiger partial charge in [-0.05, 0) is 64.8 Å². The third-order valence-corrected chi connectivity index (χ3v) is 8.24. The highest BCUT2D eigenvalue weighted by Gasteiger charge is 2.48. The molecule has 4 aromatic carbocycles. The number of aromatic carboxylic acids is 1. The SMILES string of the molecule is O=C(Cc1ccc(O)c(C(=O)O)c1)c1ccc(C[C@]2(C3=Cc4ccccc4C3)Cc3ccccc3[C@@H]2O)cc1. The van der Waals surface area contributed by atoms with Crippen LogP contribution in [0.25, 0.3) is 6.08 Å². The summed E-state index contributed by atoms with van der Waals surface area (Å²) in [4.78, 5) is 24.3. The monoisotopic (exact) mass is 516 g/mol. The van der Waals surface area contributed by atoms with Gasteiger partial charge in [-0.3, -0.25) is 4.79 Å². The molecular formula is C34H28O5. The van der Waals surface area contributed by atoms with Crippen molar-refractivity contribution in [2.24, 2.45) is 5.41 Å². The molecule has 0 bridgehead atoms. The summed E-state index contributed by atoms with van der Waals surface area (Å²) in [6.45, 7) is 0. The number of aliphatic hydroxyl groups excluding tert-OH is 1. The molecule has 0 amide bonds. The van der Waals surface area contributed by atoms with Crippen LogP contribution in [0, 0.1) is 5.41 Å². The Kier molecular flexibility index (Phi) is 6.16. The molecule has 39 heavy (non-hydrogen) atoms. The van der Waals surface area contributed by atoms with E-state index in [-0.39, 0.29) is 23.5 Å². The molecule has 0 spiro atoms. The minimum atomic E-state index is -1.24. The van der Waals surface area contributed by atoms with E-state index in [1.165, 1.54) is 34.4 Å². The lowest BCUT2D eigenvalue weighted by molar-refractivity contribution is 0.0650. The minimum absolute atomic E-state index is 0.0308. The average molecular weight is 517 g/mol. The van der Waals surface area contributed by atoms with Gasteiger partial charge in [0.05, 0.1) is 6.10 Å². The first kappa shape index (κ1) is 24.8. The third kappa shape index (κ3) is 4.45. The number of carbonyl (C=O) groups is 2. The van der Waals surface area contributed by atoms with E-state index in [4.69, 9.17) is 0 Å². The number of ketones is 1. The number of hydrogen-bond donors (Lipinski definition) is 3. The molecular weight excluding hydrogens is 488 g/mol. The van der Waals surface area contributed by atoms with Crippen molar-refractivity contribution in [2.75, 3.05) is 0 Å². The van der Waals surface area contributed by atoms with Crippen molar-refractivity contribution in [3.8, 4) is 5.75 Å². The summed E-state index contributed by atoms with van der Waals surface area (Å²) in [5.41, 5.74) is 7.25. The fourth-order valence-corrected chi connectivity index (χ4v) is 6.18. The topological polar surface area (TPSA) is 94.8 Å². The Morgan fingerprint density at radius 3 is 2.26 bits per heavy atom. The van der Waals surface area contributed by atoms with Crippen molar-refractivity contribution in [1.82, 2.24) is 0 Å². The van der Waals surface area contributed by atoms with Crippen molar-refractivity contribution in [1.29, 1.82) is 0 Å². The Morgan fingerprint density at radius 1 is 0.846 bits per heavy atom. The van der Waals surface area contributed by atoms with E-state index in [0.29, 0.717) is 17.5 Å². The Balaban J connectivity index is 1.26. The van der Waals surface area contributed by atoms with Gasteiger partial charge in [0.25, 0.3) is 0 Å². The molecule has 0 saturated carbocycles. The summed E-state index contributed by atoms with van der Waals surface area (Å²) in [6.07, 6.45) is 3.83. The maximum Gasteiger partial charge on any atom is 0.339 e. The van der Waals surface area contributed by atoms with E-state index in [1.807, 2.05) is 36.4 Å². The van der Waals surface area contributed by atoms with Crippen LogP contribution >= 0.6 is 0 Å². The molecule has 194 valence electrons. The summed E-state index contributed by atoms with van der Waals surface area (Å²) >= 11 is 0. The first-order chi connectivity index (χ1) is 18.8. The Morgan fingerprint density at radius 2 is 1.54 bits per heavy atom. The number of hydrogen-bond acceptors (Lipinski definition) is 4. The molecule has 5 heteroatoms. The Labute approximate surface area is 226 Å². The fraction of sp³-hybridized carbons (Fsp3) is 0.176. The zero-order chi connectivity index (χ0) is 27.1. The number of phenols is 1. The van der Waals surface area contributed by atoms with Gasteiger partial charge in [-0.1, -0.05) is 90.5 Å². The second-order valence-corrected chi connectivity index (χ2v) is 10.6. The van der Waals surface area contributed by atoms with Gasteiger partial charge >= 0.3 is 5.97 Å². The average Bonchev–Trinajstić information content (AvgIpc) is 3.50. The summed E-state index contributed by atoms with van der Waals surface area (Å²) in [6, 6.07) is 28.2. The number of fused-ring (bicyclic) bond motifs is 2. The van der Waals surface area contributed by atoms with Gasteiger partial charge in [0, 0.05) is 17.4 Å². The molecule has 4 aromatic rings. The van der Waals surface area contributed by atoms with Crippen LogP contribution in [0.4, 0.5) is 0 Å². The first-order valence-electron chi connectivity index (χ1n) is 13.1. The maximum absolute atomic E-state index is 13.0. The highest BCUT2D eigenvalue weighted by Crippen LogP contribution is 2.55.